The van der Waals surface area contributed by atoms with Gasteiger partial charge in [0.25, 0.3) is 0 Å². The van der Waals surface area contributed by atoms with Crippen molar-refractivity contribution in [1.82, 2.24) is 0 Å². The standard InChI is InChI=1S/C9H13FNO3P/c10-9-3-1-7(2-4-9)8(5-11)6-15(12,13)14/h1-4,8H,5-6,11H2,(H2,12,13,14). The molecule has 0 aliphatic rings. The summed E-state index contributed by atoms with van der Waals surface area (Å²) in [6, 6.07) is 5.47. The minimum Gasteiger partial charge on any atom is -0.330 e. The Morgan fingerprint density at radius 2 is 1.87 bits per heavy atom. The topological polar surface area (TPSA) is 83.6 Å². The van der Waals surface area contributed by atoms with Gasteiger partial charge >= 0.3 is 7.60 Å². The summed E-state index contributed by atoms with van der Waals surface area (Å²) in [7, 11) is -4.09. The molecule has 1 aromatic rings. The Hall–Kier alpha value is -0.740. The zero-order chi connectivity index (χ0) is 11.5. The molecule has 0 bridgehead atoms. The van der Waals surface area contributed by atoms with Crippen molar-refractivity contribution < 1.29 is 18.7 Å². The third-order valence-corrected chi connectivity index (χ3v) is 3.00. The summed E-state index contributed by atoms with van der Waals surface area (Å²) < 4.78 is 23.4. The van der Waals surface area contributed by atoms with Crippen LogP contribution < -0.4 is 5.73 Å². The van der Waals surface area contributed by atoms with Crippen molar-refractivity contribution in [1.29, 1.82) is 0 Å². The van der Waals surface area contributed by atoms with Crippen molar-refractivity contribution in [3.63, 3.8) is 0 Å². The highest BCUT2D eigenvalue weighted by Crippen LogP contribution is 2.39. The molecule has 0 radical (unpaired) electrons. The van der Waals surface area contributed by atoms with Crippen molar-refractivity contribution in [3.05, 3.63) is 35.6 Å². The molecule has 0 amide bonds. The lowest BCUT2D eigenvalue weighted by molar-refractivity contribution is 0.369. The van der Waals surface area contributed by atoms with Gasteiger partial charge in [0.15, 0.2) is 0 Å². The Morgan fingerprint density at radius 1 is 1.33 bits per heavy atom. The van der Waals surface area contributed by atoms with E-state index in [4.69, 9.17) is 15.5 Å². The highest BCUT2D eigenvalue weighted by atomic mass is 31.2. The molecule has 0 heterocycles. The van der Waals surface area contributed by atoms with Crippen LogP contribution in [-0.2, 0) is 4.57 Å². The molecular weight excluding hydrogens is 220 g/mol. The van der Waals surface area contributed by atoms with Gasteiger partial charge in [0.1, 0.15) is 5.82 Å². The summed E-state index contributed by atoms with van der Waals surface area (Å²) in [6.45, 7) is 0.122. The molecule has 0 aromatic heterocycles. The Bertz CT molecular complexity index is 362. The maximum Gasteiger partial charge on any atom is 0.326 e. The van der Waals surface area contributed by atoms with Crippen LogP contribution in [0.4, 0.5) is 4.39 Å². The van der Waals surface area contributed by atoms with E-state index in [1.807, 2.05) is 0 Å². The average Bonchev–Trinajstić information content (AvgIpc) is 2.14. The summed E-state index contributed by atoms with van der Waals surface area (Å²) in [5, 5.41) is 0. The Balaban J connectivity index is 2.83. The van der Waals surface area contributed by atoms with Gasteiger partial charge in [0.05, 0.1) is 6.16 Å². The molecule has 0 spiro atoms. The van der Waals surface area contributed by atoms with Crippen LogP contribution in [0.25, 0.3) is 0 Å². The second kappa shape index (κ2) is 4.86. The van der Waals surface area contributed by atoms with E-state index in [0.717, 1.165) is 0 Å². The second-order valence-electron chi connectivity index (χ2n) is 3.33. The molecule has 4 N–H and O–H groups in total. The normalized spacial score (nSPS) is 13.9. The second-order valence-corrected chi connectivity index (χ2v) is 5.03. The van der Waals surface area contributed by atoms with Gasteiger partial charge in [0.2, 0.25) is 0 Å². The summed E-state index contributed by atoms with van der Waals surface area (Å²) in [4.78, 5) is 17.6. The molecule has 84 valence electrons. The first-order valence-electron chi connectivity index (χ1n) is 4.42. The van der Waals surface area contributed by atoms with Crippen LogP contribution in [0.3, 0.4) is 0 Å². The van der Waals surface area contributed by atoms with Crippen molar-refractivity contribution in [2.45, 2.75) is 5.92 Å². The first-order chi connectivity index (χ1) is 6.92. The molecule has 6 heteroatoms. The van der Waals surface area contributed by atoms with E-state index < -0.39 is 13.5 Å². The van der Waals surface area contributed by atoms with Gasteiger partial charge in [-0.25, -0.2) is 4.39 Å². The van der Waals surface area contributed by atoms with Crippen LogP contribution in [0.15, 0.2) is 24.3 Å². The zero-order valence-electron chi connectivity index (χ0n) is 8.01. The molecule has 0 aliphatic heterocycles. The predicted octanol–water partition coefficient (Wildman–Crippen LogP) is 1.05. The first-order valence-corrected chi connectivity index (χ1v) is 6.22. The third-order valence-electron chi connectivity index (χ3n) is 2.08. The van der Waals surface area contributed by atoms with E-state index in [-0.39, 0.29) is 18.5 Å². The van der Waals surface area contributed by atoms with Gasteiger partial charge in [-0.05, 0) is 24.2 Å². The highest BCUT2D eigenvalue weighted by Gasteiger charge is 2.21. The molecule has 1 aromatic carbocycles. The van der Waals surface area contributed by atoms with E-state index >= 15 is 0 Å². The largest absolute Gasteiger partial charge is 0.330 e. The third kappa shape index (κ3) is 4.10. The molecule has 15 heavy (non-hydrogen) atoms. The minimum absolute atomic E-state index is 0.122. The van der Waals surface area contributed by atoms with Crippen molar-refractivity contribution in [2.24, 2.45) is 5.73 Å². The quantitative estimate of drug-likeness (QED) is 0.678. The molecular formula is C9H13FNO3P. The maximum absolute atomic E-state index is 12.6. The van der Waals surface area contributed by atoms with E-state index in [0.29, 0.717) is 5.56 Å². The number of halogens is 1. The zero-order valence-corrected chi connectivity index (χ0v) is 8.90. The number of rotatable bonds is 4. The summed E-state index contributed by atoms with van der Waals surface area (Å²) >= 11 is 0. The fourth-order valence-corrected chi connectivity index (χ4v) is 2.27. The van der Waals surface area contributed by atoms with Crippen molar-refractivity contribution in [3.8, 4) is 0 Å². The molecule has 1 atom stereocenters. The van der Waals surface area contributed by atoms with Crippen molar-refractivity contribution >= 4 is 7.60 Å². The molecule has 0 fully saturated rings. The summed E-state index contributed by atoms with van der Waals surface area (Å²) in [6.07, 6.45) is -0.310. The number of hydrogen-bond donors (Lipinski definition) is 3. The van der Waals surface area contributed by atoms with Gasteiger partial charge in [-0.1, -0.05) is 12.1 Å². The predicted molar refractivity (Wildman–Crippen MR) is 55.1 cm³/mol. The Labute approximate surface area is 87.1 Å². The lowest BCUT2D eigenvalue weighted by Gasteiger charge is -2.15. The van der Waals surface area contributed by atoms with Crippen LogP contribution >= 0.6 is 7.60 Å². The van der Waals surface area contributed by atoms with Gasteiger partial charge in [-0.2, -0.15) is 0 Å². The molecule has 0 saturated heterocycles. The molecule has 4 nitrogen and oxygen atoms in total. The molecule has 1 unspecified atom stereocenters. The van der Waals surface area contributed by atoms with Crippen LogP contribution in [0.2, 0.25) is 0 Å². The SMILES string of the molecule is NCC(CP(=O)(O)O)c1ccc(F)cc1. The van der Waals surface area contributed by atoms with E-state index in [1.165, 1.54) is 24.3 Å². The van der Waals surface area contributed by atoms with Crippen LogP contribution in [0, 0.1) is 5.82 Å². The molecule has 1 rings (SSSR count). The van der Waals surface area contributed by atoms with Gasteiger partial charge in [-0.3, -0.25) is 4.57 Å². The van der Waals surface area contributed by atoms with Gasteiger partial charge in [0, 0.05) is 5.92 Å². The van der Waals surface area contributed by atoms with Crippen molar-refractivity contribution in [2.75, 3.05) is 12.7 Å². The minimum atomic E-state index is -4.09. The molecule has 0 aliphatic carbocycles. The fourth-order valence-electron chi connectivity index (χ4n) is 1.34. The fraction of sp³-hybridized carbons (Fsp3) is 0.333. The number of benzene rings is 1. The lowest BCUT2D eigenvalue weighted by Crippen LogP contribution is -2.16. The van der Waals surface area contributed by atoms with Gasteiger partial charge in [-0.15, -0.1) is 0 Å². The van der Waals surface area contributed by atoms with E-state index in [9.17, 15) is 8.96 Å². The van der Waals surface area contributed by atoms with E-state index in [1.54, 1.807) is 0 Å². The molecule has 0 saturated carbocycles. The van der Waals surface area contributed by atoms with Crippen LogP contribution in [-0.4, -0.2) is 22.5 Å². The smallest absolute Gasteiger partial charge is 0.326 e. The average molecular weight is 233 g/mol. The maximum atomic E-state index is 12.6. The van der Waals surface area contributed by atoms with E-state index in [2.05, 4.69) is 0 Å². The number of hydrogen-bond acceptors (Lipinski definition) is 2. The van der Waals surface area contributed by atoms with Gasteiger partial charge < -0.3 is 15.5 Å². The summed E-state index contributed by atoms with van der Waals surface area (Å²) in [5.74, 6) is -0.822. The Kier molecular flexibility index (Phi) is 3.99. The Morgan fingerprint density at radius 3 is 2.27 bits per heavy atom. The van der Waals surface area contributed by atoms with Crippen LogP contribution in [0.5, 0.6) is 0 Å². The monoisotopic (exact) mass is 233 g/mol. The highest BCUT2D eigenvalue weighted by molar-refractivity contribution is 7.51. The first kappa shape index (κ1) is 12.3. The summed E-state index contributed by atoms with van der Waals surface area (Å²) in [5.41, 5.74) is 6.05. The number of nitrogens with two attached hydrogens (primary N) is 1. The van der Waals surface area contributed by atoms with Crippen LogP contribution in [0.1, 0.15) is 11.5 Å². The lowest BCUT2D eigenvalue weighted by atomic mass is 10.0.